The SMILES string of the molecule is CCOc1ccc(NC(=O)c2ccnc(Nc3ccc(C)cc3C)n2)cc1. The predicted octanol–water partition coefficient (Wildman–Crippen LogP) is 4.49. The van der Waals surface area contributed by atoms with E-state index in [-0.39, 0.29) is 11.6 Å². The van der Waals surface area contributed by atoms with E-state index in [2.05, 4.69) is 26.7 Å². The van der Waals surface area contributed by atoms with Gasteiger partial charge in [-0.1, -0.05) is 17.7 Å². The summed E-state index contributed by atoms with van der Waals surface area (Å²) in [6.45, 7) is 6.58. The Labute approximate surface area is 158 Å². The summed E-state index contributed by atoms with van der Waals surface area (Å²) in [7, 11) is 0. The smallest absolute Gasteiger partial charge is 0.274 e. The minimum Gasteiger partial charge on any atom is -0.494 e. The fourth-order valence-electron chi connectivity index (χ4n) is 2.62. The molecule has 1 amide bonds. The molecule has 0 aliphatic carbocycles. The van der Waals surface area contributed by atoms with E-state index < -0.39 is 0 Å². The summed E-state index contributed by atoms with van der Waals surface area (Å²) in [4.78, 5) is 21.0. The normalized spacial score (nSPS) is 10.3. The minimum atomic E-state index is -0.301. The van der Waals surface area contributed by atoms with Crippen LogP contribution in [-0.4, -0.2) is 22.5 Å². The summed E-state index contributed by atoms with van der Waals surface area (Å²) >= 11 is 0. The van der Waals surface area contributed by atoms with Crippen molar-refractivity contribution in [1.29, 1.82) is 0 Å². The molecule has 0 bridgehead atoms. The molecule has 0 saturated carbocycles. The Hall–Kier alpha value is -3.41. The number of nitrogens with zero attached hydrogens (tertiary/aromatic N) is 2. The van der Waals surface area contributed by atoms with Gasteiger partial charge in [-0.25, -0.2) is 9.97 Å². The topological polar surface area (TPSA) is 76.1 Å². The number of aryl methyl sites for hydroxylation is 2. The lowest BCUT2D eigenvalue weighted by Gasteiger charge is -2.10. The van der Waals surface area contributed by atoms with Crippen molar-refractivity contribution in [2.75, 3.05) is 17.2 Å². The Balaban J connectivity index is 1.71. The maximum atomic E-state index is 12.5. The van der Waals surface area contributed by atoms with Crippen LogP contribution in [0.3, 0.4) is 0 Å². The quantitative estimate of drug-likeness (QED) is 0.676. The first-order valence-electron chi connectivity index (χ1n) is 8.76. The number of rotatable bonds is 6. The van der Waals surface area contributed by atoms with Crippen LogP contribution in [0.1, 0.15) is 28.5 Å². The molecular formula is C21H22N4O2. The summed E-state index contributed by atoms with van der Waals surface area (Å²) in [6.07, 6.45) is 1.56. The summed E-state index contributed by atoms with van der Waals surface area (Å²) in [5.74, 6) is 0.837. The van der Waals surface area contributed by atoms with Gasteiger partial charge in [0.1, 0.15) is 11.4 Å². The summed E-state index contributed by atoms with van der Waals surface area (Å²) in [5.41, 5.74) is 4.13. The number of aromatic nitrogens is 2. The Morgan fingerprint density at radius 1 is 1.07 bits per heavy atom. The lowest BCUT2D eigenvalue weighted by atomic mass is 10.1. The maximum Gasteiger partial charge on any atom is 0.274 e. The molecule has 0 aliphatic rings. The number of hydrogen-bond donors (Lipinski definition) is 2. The van der Waals surface area contributed by atoms with E-state index >= 15 is 0 Å². The average Bonchev–Trinajstić information content (AvgIpc) is 2.66. The van der Waals surface area contributed by atoms with Crippen LogP contribution in [0.5, 0.6) is 5.75 Å². The molecule has 0 saturated heterocycles. The summed E-state index contributed by atoms with van der Waals surface area (Å²) in [6, 6.07) is 14.8. The zero-order chi connectivity index (χ0) is 19.2. The van der Waals surface area contributed by atoms with Gasteiger partial charge in [-0.3, -0.25) is 4.79 Å². The standard InChI is InChI=1S/C21H22N4O2/c1-4-27-17-8-6-16(7-9-17)23-20(26)19-11-12-22-21(25-19)24-18-10-5-14(2)13-15(18)3/h5-13H,4H2,1-3H3,(H,23,26)(H,22,24,25). The second-order valence-corrected chi connectivity index (χ2v) is 6.12. The molecule has 3 aromatic rings. The van der Waals surface area contributed by atoms with Gasteiger partial charge in [-0.2, -0.15) is 0 Å². The molecule has 0 radical (unpaired) electrons. The summed E-state index contributed by atoms with van der Waals surface area (Å²) < 4.78 is 5.40. The molecule has 6 nitrogen and oxygen atoms in total. The third-order valence-corrected chi connectivity index (χ3v) is 3.94. The van der Waals surface area contributed by atoms with Crippen molar-refractivity contribution in [1.82, 2.24) is 9.97 Å². The van der Waals surface area contributed by atoms with E-state index in [0.717, 1.165) is 17.0 Å². The molecule has 0 atom stereocenters. The highest BCUT2D eigenvalue weighted by molar-refractivity contribution is 6.03. The fraction of sp³-hybridized carbons (Fsp3) is 0.190. The van der Waals surface area contributed by atoms with Crippen LogP contribution >= 0.6 is 0 Å². The number of amides is 1. The fourth-order valence-corrected chi connectivity index (χ4v) is 2.62. The molecule has 1 heterocycles. The molecule has 138 valence electrons. The number of benzene rings is 2. The Morgan fingerprint density at radius 2 is 1.85 bits per heavy atom. The molecule has 0 aliphatic heterocycles. The van der Waals surface area contributed by atoms with Crippen LogP contribution in [0.25, 0.3) is 0 Å². The van der Waals surface area contributed by atoms with Crippen molar-refractivity contribution in [2.24, 2.45) is 0 Å². The zero-order valence-corrected chi connectivity index (χ0v) is 15.6. The highest BCUT2D eigenvalue weighted by atomic mass is 16.5. The number of anilines is 3. The lowest BCUT2D eigenvalue weighted by molar-refractivity contribution is 0.102. The van der Waals surface area contributed by atoms with Gasteiger partial charge in [0.2, 0.25) is 5.95 Å². The minimum absolute atomic E-state index is 0.283. The molecule has 1 aromatic heterocycles. The summed E-state index contributed by atoms with van der Waals surface area (Å²) in [5, 5.41) is 5.99. The first kappa shape index (κ1) is 18.4. The van der Waals surface area contributed by atoms with E-state index in [1.54, 1.807) is 24.4 Å². The molecule has 0 spiro atoms. The first-order chi connectivity index (χ1) is 13.0. The highest BCUT2D eigenvalue weighted by Gasteiger charge is 2.10. The van der Waals surface area contributed by atoms with Crippen LogP contribution in [0, 0.1) is 13.8 Å². The molecular weight excluding hydrogens is 340 g/mol. The van der Waals surface area contributed by atoms with Crippen molar-refractivity contribution < 1.29 is 9.53 Å². The molecule has 27 heavy (non-hydrogen) atoms. The predicted molar refractivity (Wildman–Crippen MR) is 107 cm³/mol. The number of nitrogens with one attached hydrogen (secondary N) is 2. The Kier molecular flexibility index (Phi) is 5.66. The van der Waals surface area contributed by atoms with Crippen LogP contribution < -0.4 is 15.4 Å². The van der Waals surface area contributed by atoms with Gasteiger partial charge in [0.05, 0.1) is 6.61 Å². The van der Waals surface area contributed by atoms with E-state index in [1.807, 2.05) is 45.0 Å². The van der Waals surface area contributed by atoms with Crippen molar-refractivity contribution >= 4 is 23.2 Å². The number of ether oxygens (including phenoxy) is 1. The molecule has 2 N–H and O–H groups in total. The maximum absolute atomic E-state index is 12.5. The highest BCUT2D eigenvalue weighted by Crippen LogP contribution is 2.20. The van der Waals surface area contributed by atoms with Gasteiger partial charge in [-0.15, -0.1) is 0 Å². The van der Waals surface area contributed by atoms with Crippen LogP contribution in [0.2, 0.25) is 0 Å². The molecule has 2 aromatic carbocycles. The van der Waals surface area contributed by atoms with Gasteiger partial charge in [0.15, 0.2) is 0 Å². The van der Waals surface area contributed by atoms with Gasteiger partial charge >= 0.3 is 0 Å². The number of carbonyl (C=O) groups is 1. The van der Waals surface area contributed by atoms with Crippen LogP contribution in [0.15, 0.2) is 54.7 Å². The van der Waals surface area contributed by atoms with Gasteiger partial charge in [0, 0.05) is 17.6 Å². The van der Waals surface area contributed by atoms with Gasteiger partial charge in [0.25, 0.3) is 5.91 Å². The molecule has 3 rings (SSSR count). The van der Waals surface area contributed by atoms with Crippen LogP contribution in [-0.2, 0) is 0 Å². The third kappa shape index (κ3) is 4.82. The average molecular weight is 362 g/mol. The number of carbonyl (C=O) groups excluding carboxylic acids is 1. The second-order valence-electron chi connectivity index (χ2n) is 6.12. The Morgan fingerprint density at radius 3 is 2.56 bits per heavy atom. The monoisotopic (exact) mass is 362 g/mol. The largest absolute Gasteiger partial charge is 0.494 e. The van der Waals surface area contributed by atoms with E-state index in [1.165, 1.54) is 5.56 Å². The second kappa shape index (κ2) is 8.31. The molecule has 0 unspecified atom stereocenters. The third-order valence-electron chi connectivity index (χ3n) is 3.94. The molecule has 0 fully saturated rings. The zero-order valence-electron chi connectivity index (χ0n) is 15.6. The van der Waals surface area contributed by atoms with Crippen LogP contribution in [0.4, 0.5) is 17.3 Å². The first-order valence-corrected chi connectivity index (χ1v) is 8.76. The van der Waals surface area contributed by atoms with Gasteiger partial charge < -0.3 is 15.4 Å². The van der Waals surface area contributed by atoms with Crippen molar-refractivity contribution in [3.8, 4) is 5.75 Å². The van der Waals surface area contributed by atoms with Crippen molar-refractivity contribution in [2.45, 2.75) is 20.8 Å². The molecule has 6 heteroatoms. The van der Waals surface area contributed by atoms with E-state index in [0.29, 0.717) is 18.2 Å². The van der Waals surface area contributed by atoms with Crippen molar-refractivity contribution in [3.63, 3.8) is 0 Å². The van der Waals surface area contributed by atoms with E-state index in [4.69, 9.17) is 4.74 Å². The number of hydrogen-bond acceptors (Lipinski definition) is 5. The Bertz CT molecular complexity index is 939. The van der Waals surface area contributed by atoms with Crippen molar-refractivity contribution in [3.05, 3.63) is 71.5 Å². The lowest BCUT2D eigenvalue weighted by Crippen LogP contribution is -2.14. The van der Waals surface area contributed by atoms with E-state index in [9.17, 15) is 4.79 Å². The van der Waals surface area contributed by atoms with Gasteiger partial charge in [-0.05, 0) is 62.7 Å².